The van der Waals surface area contributed by atoms with E-state index in [-0.39, 0.29) is 30.9 Å². The van der Waals surface area contributed by atoms with Gasteiger partial charge in [0.15, 0.2) is 6.29 Å². The van der Waals surface area contributed by atoms with Crippen molar-refractivity contribution in [1.82, 2.24) is 20.1 Å². The van der Waals surface area contributed by atoms with Crippen LogP contribution in [0, 0.1) is 17.8 Å². The minimum absolute atomic E-state index is 0.142. The van der Waals surface area contributed by atoms with Crippen LogP contribution in [0.1, 0.15) is 86.1 Å². The minimum Gasteiger partial charge on any atom is -0.459 e. The third-order valence-electron chi connectivity index (χ3n) is 10.8. The summed E-state index contributed by atoms with van der Waals surface area (Å²) in [7, 11) is 3.76. The molecule has 3 rings (SSSR count). The summed E-state index contributed by atoms with van der Waals surface area (Å²) in [6.45, 7) is 16.3. The lowest BCUT2D eigenvalue weighted by molar-refractivity contribution is -0.299. The Kier molecular flexibility index (Phi) is 16.1. The van der Waals surface area contributed by atoms with Crippen LogP contribution in [0.2, 0.25) is 0 Å². The van der Waals surface area contributed by atoms with Crippen LogP contribution in [0.4, 0.5) is 0 Å². The van der Waals surface area contributed by atoms with Crippen molar-refractivity contribution >= 4 is 17.3 Å². The number of ether oxygens (including phenoxy) is 3. The van der Waals surface area contributed by atoms with Gasteiger partial charge in [-0.25, -0.2) is 4.98 Å². The standard InChI is InChI=1S/C36H66N4O9S/c1-11-27-36(8,46)31(43)25(6)40(15-12-13-37-19-28-38-14-16-50-28)20-21(2)18-35(7,45)32(23(4)29(41)24(5)33(44)48-27)49-34-30(42)26(39(9)10)17-22(3)47-34/h14,16,21-27,29-32,34,37,41-43,45-46H,11-13,15,17-20H2,1-10H3/t21-,22+,23-,24+,25+,26-,27+,29-,30+,31+,32+,34-,35+,36+/m0/s1. The Balaban J connectivity index is 1.96. The number of carbonyl (C=O) groups excluding carboxylic acids is 1. The van der Waals surface area contributed by atoms with Gasteiger partial charge >= 0.3 is 5.97 Å². The van der Waals surface area contributed by atoms with Crippen molar-refractivity contribution in [3.63, 3.8) is 0 Å². The van der Waals surface area contributed by atoms with E-state index in [1.54, 1.807) is 38.3 Å². The number of nitrogens with zero attached hydrogens (tertiary/aromatic N) is 3. The molecule has 2 aliphatic rings. The summed E-state index contributed by atoms with van der Waals surface area (Å²) in [5.41, 5.74) is -3.34. The zero-order valence-corrected chi connectivity index (χ0v) is 32.7. The number of cyclic esters (lactones) is 1. The number of aromatic nitrogens is 1. The van der Waals surface area contributed by atoms with Crippen molar-refractivity contribution in [2.24, 2.45) is 17.8 Å². The van der Waals surface area contributed by atoms with Crippen LogP contribution in [0.3, 0.4) is 0 Å². The second-order valence-corrected chi connectivity index (χ2v) is 16.6. The average molecular weight is 731 g/mol. The Labute approximate surface area is 303 Å². The highest BCUT2D eigenvalue weighted by Crippen LogP contribution is 2.36. The Bertz CT molecular complexity index is 1160. The summed E-state index contributed by atoms with van der Waals surface area (Å²) in [5.74, 6) is -2.75. The number of hydrogen-bond acceptors (Lipinski definition) is 14. The van der Waals surface area contributed by atoms with E-state index >= 15 is 0 Å². The van der Waals surface area contributed by atoms with Crippen LogP contribution in [0.15, 0.2) is 11.6 Å². The Morgan fingerprint density at radius 3 is 2.40 bits per heavy atom. The first-order valence-electron chi connectivity index (χ1n) is 18.3. The largest absolute Gasteiger partial charge is 0.459 e. The minimum atomic E-state index is -1.80. The predicted octanol–water partition coefficient (Wildman–Crippen LogP) is 1.98. The van der Waals surface area contributed by atoms with Crippen molar-refractivity contribution in [3.8, 4) is 0 Å². The number of thiazole rings is 1. The number of nitrogens with one attached hydrogen (secondary N) is 1. The number of aliphatic hydroxyl groups excluding tert-OH is 3. The molecule has 2 saturated heterocycles. The van der Waals surface area contributed by atoms with E-state index in [0.29, 0.717) is 32.6 Å². The molecular weight excluding hydrogens is 664 g/mol. The molecule has 2 fully saturated rings. The number of esters is 1. The van der Waals surface area contributed by atoms with Gasteiger partial charge in [-0.05, 0) is 93.4 Å². The molecule has 2 aliphatic heterocycles. The second-order valence-electron chi connectivity index (χ2n) is 15.6. The lowest BCUT2D eigenvalue weighted by atomic mass is 9.78. The van der Waals surface area contributed by atoms with Gasteiger partial charge in [-0.1, -0.05) is 20.8 Å². The van der Waals surface area contributed by atoms with Gasteiger partial charge in [-0.3, -0.25) is 9.69 Å². The summed E-state index contributed by atoms with van der Waals surface area (Å²) in [6, 6.07) is -0.793. The molecule has 0 spiro atoms. The van der Waals surface area contributed by atoms with Crippen molar-refractivity contribution < 1.29 is 44.5 Å². The average Bonchev–Trinajstić information content (AvgIpc) is 3.57. The number of aliphatic hydroxyl groups is 5. The first-order valence-corrected chi connectivity index (χ1v) is 19.2. The van der Waals surface area contributed by atoms with E-state index in [2.05, 4.69) is 15.2 Å². The zero-order valence-electron chi connectivity index (χ0n) is 31.9. The summed E-state index contributed by atoms with van der Waals surface area (Å²) in [4.78, 5) is 21.9. The lowest BCUT2D eigenvalue weighted by Gasteiger charge is -2.46. The van der Waals surface area contributed by atoms with E-state index < -0.39 is 71.9 Å². The molecule has 14 atom stereocenters. The van der Waals surface area contributed by atoms with Gasteiger partial charge in [0.2, 0.25) is 0 Å². The summed E-state index contributed by atoms with van der Waals surface area (Å²) < 4.78 is 18.4. The van der Waals surface area contributed by atoms with Crippen LogP contribution in [-0.2, 0) is 25.5 Å². The van der Waals surface area contributed by atoms with Gasteiger partial charge in [0.1, 0.15) is 28.9 Å². The molecule has 0 aromatic carbocycles. The number of hydrogen-bond donors (Lipinski definition) is 6. The first-order chi connectivity index (χ1) is 23.3. The lowest BCUT2D eigenvalue weighted by Crippen LogP contribution is -2.59. The normalized spacial score (nSPS) is 41.8. The molecular formula is C36H66N4O9S. The van der Waals surface area contributed by atoms with Gasteiger partial charge in [0.25, 0.3) is 0 Å². The van der Waals surface area contributed by atoms with Gasteiger partial charge in [0, 0.05) is 42.7 Å². The molecule has 0 unspecified atom stereocenters. The maximum absolute atomic E-state index is 13.6. The third-order valence-corrected chi connectivity index (χ3v) is 11.6. The highest BCUT2D eigenvalue weighted by molar-refractivity contribution is 7.09. The molecule has 0 aliphatic carbocycles. The van der Waals surface area contributed by atoms with E-state index in [9.17, 15) is 30.3 Å². The molecule has 3 heterocycles. The van der Waals surface area contributed by atoms with Crippen LogP contribution in [0.25, 0.3) is 0 Å². The Hall–Kier alpha value is -1.30. The molecule has 14 heteroatoms. The first kappa shape index (κ1) is 43.1. The van der Waals surface area contributed by atoms with Gasteiger partial charge in [-0.2, -0.15) is 0 Å². The Morgan fingerprint density at radius 1 is 1.12 bits per heavy atom. The topological polar surface area (TPSA) is 177 Å². The molecule has 1 aromatic rings. The smallest absolute Gasteiger partial charge is 0.311 e. The maximum Gasteiger partial charge on any atom is 0.311 e. The van der Waals surface area contributed by atoms with E-state index in [4.69, 9.17) is 14.2 Å². The van der Waals surface area contributed by atoms with E-state index in [1.165, 1.54) is 13.8 Å². The molecule has 0 amide bonds. The van der Waals surface area contributed by atoms with E-state index in [1.807, 2.05) is 45.1 Å². The molecule has 0 bridgehead atoms. The molecule has 1 aromatic heterocycles. The fraction of sp³-hybridized carbons (Fsp3) is 0.889. The highest BCUT2D eigenvalue weighted by atomic mass is 32.1. The van der Waals surface area contributed by atoms with Gasteiger partial charge < -0.3 is 50.0 Å². The summed E-state index contributed by atoms with van der Waals surface area (Å²) in [6.07, 6.45) is -3.45. The van der Waals surface area contributed by atoms with Crippen LogP contribution in [0.5, 0.6) is 0 Å². The number of carbonyl (C=O) groups is 1. The highest BCUT2D eigenvalue weighted by Gasteiger charge is 2.50. The van der Waals surface area contributed by atoms with Gasteiger partial charge in [0.05, 0.1) is 29.8 Å². The molecule has 0 radical (unpaired) electrons. The SMILES string of the molecule is CC[C@H]1OC(=O)[C@H](C)[C@@H](O)[C@H](C)[C@@H](O[C@@H]2O[C@H](C)C[C@H](N(C)C)[C@H]2O)[C@](C)(O)C[C@H](C)CN(CCCNCc2nccs2)[C@H](C)[C@@H](O)[C@]1(C)O. The third kappa shape index (κ3) is 10.9. The zero-order chi connectivity index (χ0) is 37.6. The second kappa shape index (κ2) is 18.6. The van der Waals surface area contributed by atoms with Crippen molar-refractivity contribution in [2.75, 3.05) is 33.7 Å². The quantitative estimate of drug-likeness (QED) is 0.152. The fourth-order valence-electron chi connectivity index (χ4n) is 7.84. The Morgan fingerprint density at radius 2 is 1.80 bits per heavy atom. The van der Waals surface area contributed by atoms with Crippen LogP contribution >= 0.6 is 11.3 Å². The molecule has 290 valence electrons. The summed E-state index contributed by atoms with van der Waals surface area (Å²) in [5, 5.41) is 65.0. The van der Waals surface area contributed by atoms with Crippen LogP contribution in [-0.4, -0.2) is 146 Å². The van der Waals surface area contributed by atoms with E-state index in [0.717, 1.165) is 11.4 Å². The van der Waals surface area contributed by atoms with Gasteiger partial charge in [-0.15, -0.1) is 11.3 Å². The predicted molar refractivity (Wildman–Crippen MR) is 192 cm³/mol. The van der Waals surface area contributed by atoms with Crippen molar-refractivity contribution in [1.29, 1.82) is 0 Å². The number of likely N-dealkylation sites (N-methyl/N-ethyl adjacent to an activating group) is 1. The fourth-order valence-corrected chi connectivity index (χ4v) is 8.43. The molecule has 50 heavy (non-hydrogen) atoms. The van der Waals surface area contributed by atoms with Crippen molar-refractivity contribution in [2.45, 2.75) is 154 Å². The molecule has 6 N–H and O–H groups in total. The molecule has 13 nitrogen and oxygen atoms in total. The van der Waals surface area contributed by atoms with Crippen LogP contribution < -0.4 is 5.32 Å². The maximum atomic E-state index is 13.6. The number of rotatable bonds is 10. The monoisotopic (exact) mass is 730 g/mol. The van der Waals surface area contributed by atoms with Crippen molar-refractivity contribution in [3.05, 3.63) is 16.6 Å². The summed E-state index contributed by atoms with van der Waals surface area (Å²) >= 11 is 1.59. The molecule has 0 saturated carbocycles.